The number of aromatic nitrogens is 2. The Kier molecular flexibility index (Phi) is 5.44. The second-order valence-corrected chi connectivity index (χ2v) is 7.13. The summed E-state index contributed by atoms with van der Waals surface area (Å²) >= 11 is 0. The minimum Gasteiger partial charge on any atom is -0.494 e. The molecule has 2 aromatic carbocycles. The number of benzene rings is 2. The van der Waals surface area contributed by atoms with Crippen molar-refractivity contribution in [3.8, 4) is 34.1 Å². The van der Waals surface area contributed by atoms with E-state index in [2.05, 4.69) is 22.6 Å². The smallest absolute Gasteiger partial charge is 0.250 e. The molecular formula is C25H19FN4O2. The van der Waals surface area contributed by atoms with Crippen molar-refractivity contribution in [2.24, 2.45) is 0 Å². The number of nitrogens with one attached hydrogen (secondary N) is 1. The second kappa shape index (κ2) is 8.36. The first-order chi connectivity index (χ1) is 15.5. The van der Waals surface area contributed by atoms with Gasteiger partial charge in [-0.3, -0.25) is 4.79 Å². The molecule has 0 bridgehead atoms. The van der Waals surface area contributed by atoms with Crippen LogP contribution in [0.4, 0.5) is 10.1 Å². The molecule has 0 saturated heterocycles. The molecule has 0 aliphatic heterocycles. The standard InChI is InChI=1S/C25H19FN4O2/c1-4-23(31)30(2)21-10-17(11-22(32-3)24(21)26)18-9-19-20(14-29-25(19)28-13-18)16-7-5-6-15(8-16)12-27/h4-11,13-14H,1H2,2-3H3,(H,28,29). The number of aromatic amines is 1. The van der Waals surface area contributed by atoms with E-state index in [0.717, 1.165) is 22.6 Å². The molecule has 0 saturated carbocycles. The van der Waals surface area contributed by atoms with Gasteiger partial charge in [0.1, 0.15) is 5.65 Å². The van der Waals surface area contributed by atoms with E-state index in [4.69, 9.17) is 4.74 Å². The molecule has 0 fully saturated rings. The number of fused-ring (bicyclic) bond motifs is 1. The Morgan fingerprint density at radius 2 is 2.06 bits per heavy atom. The minimum atomic E-state index is -0.640. The molecule has 4 aromatic rings. The largest absolute Gasteiger partial charge is 0.494 e. The third-order valence-electron chi connectivity index (χ3n) is 5.27. The summed E-state index contributed by atoms with van der Waals surface area (Å²) in [7, 11) is 2.84. The van der Waals surface area contributed by atoms with Gasteiger partial charge in [-0.15, -0.1) is 0 Å². The molecule has 2 heterocycles. The fourth-order valence-electron chi connectivity index (χ4n) is 3.55. The number of anilines is 1. The summed E-state index contributed by atoms with van der Waals surface area (Å²) in [5.74, 6) is -1.07. The van der Waals surface area contributed by atoms with Crippen molar-refractivity contribution in [3.05, 3.63) is 78.9 Å². The highest BCUT2D eigenvalue weighted by atomic mass is 19.1. The van der Waals surface area contributed by atoms with Gasteiger partial charge >= 0.3 is 0 Å². The number of amides is 1. The maximum absolute atomic E-state index is 14.9. The van der Waals surface area contributed by atoms with Crippen LogP contribution in [0.25, 0.3) is 33.3 Å². The van der Waals surface area contributed by atoms with Gasteiger partial charge in [-0.25, -0.2) is 9.37 Å². The van der Waals surface area contributed by atoms with Crippen LogP contribution in [-0.2, 0) is 4.79 Å². The quantitative estimate of drug-likeness (QED) is 0.452. The predicted octanol–water partition coefficient (Wildman–Crippen LogP) is 5.07. The van der Waals surface area contributed by atoms with Gasteiger partial charge in [-0.1, -0.05) is 18.7 Å². The first kappa shape index (κ1) is 20.8. The van der Waals surface area contributed by atoms with E-state index in [1.807, 2.05) is 30.5 Å². The molecule has 7 heteroatoms. The Morgan fingerprint density at radius 3 is 2.78 bits per heavy atom. The topological polar surface area (TPSA) is 82.0 Å². The van der Waals surface area contributed by atoms with E-state index < -0.39 is 11.7 Å². The van der Waals surface area contributed by atoms with Gasteiger partial charge in [0, 0.05) is 36.0 Å². The number of nitriles is 1. The number of pyridine rings is 1. The third-order valence-corrected chi connectivity index (χ3v) is 5.27. The number of likely N-dealkylation sites (N-methyl/N-ethyl adjacent to an activating group) is 1. The maximum atomic E-state index is 14.9. The van der Waals surface area contributed by atoms with E-state index in [0.29, 0.717) is 22.3 Å². The van der Waals surface area contributed by atoms with Crippen molar-refractivity contribution in [3.63, 3.8) is 0 Å². The number of H-pyrrole nitrogens is 1. The molecule has 0 aliphatic carbocycles. The lowest BCUT2D eigenvalue weighted by molar-refractivity contribution is -0.113. The summed E-state index contributed by atoms with van der Waals surface area (Å²) in [5.41, 5.74) is 4.43. The maximum Gasteiger partial charge on any atom is 0.250 e. The van der Waals surface area contributed by atoms with Crippen molar-refractivity contribution in [1.29, 1.82) is 5.26 Å². The number of methoxy groups -OCH3 is 1. The number of nitrogens with zero attached hydrogens (tertiary/aromatic N) is 3. The van der Waals surface area contributed by atoms with Gasteiger partial charge in [-0.2, -0.15) is 5.26 Å². The summed E-state index contributed by atoms with van der Waals surface area (Å²) in [6, 6.07) is 14.5. The van der Waals surface area contributed by atoms with Crippen LogP contribution >= 0.6 is 0 Å². The zero-order valence-corrected chi connectivity index (χ0v) is 17.5. The number of hydrogen-bond acceptors (Lipinski definition) is 4. The molecule has 0 unspecified atom stereocenters. The molecule has 1 amide bonds. The molecule has 0 radical (unpaired) electrons. The molecule has 32 heavy (non-hydrogen) atoms. The molecule has 158 valence electrons. The van der Waals surface area contributed by atoms with Gasteiger partial charge in [0.15, 0.2) is 11.6 Å². The van der Waals surface area contributed by atoms with Crippen LogP contribution in [0, 0.1) is 17.1 Å². The van der Waals surface area contributed by atoms with Crippen LogP contribution in [0.15, 0.2) is 67.5 Å². The number of rotatable bonds is 5. The molecule has 0 spiro atoms. The van der Waals surface area contributed by atoms with Crippen LogP contribution in [-0.4, -0.2) is 30.0 Å². The Balaban J connectivity index is 1.88. The van der Waals surface area contributed by atoms with E-state index in [1.54, 1.807) is 24.4 Å². The van der Waals surface area contributed by atoms with E-state index in [9.17, 15) is 14.4 Å². The summed E-state index contributed by atoms with van der Waals surface area (Å²) < 4.78 is 20.1. The molecule has 4 rings (SSSR count). The number of halogens is 1. The third kappa shape index (κ3) is 3.59. The lowest BCUT2D eigenvalue weighted by atomic mass is 10.0. The Labute approximate surface area is 184 Å². The summed E-state index contributed by atoms with van der Waals surface area (Å²) in [5, 5.41) is 10.1. The highest BCUT2D eigenvalue weighted by Gasteiger charge is 2.19. The van der Waals surface area contributed by atoms with Crippen LogP contribution in [0.3, 0.4) is 0 Å². The monoisotopic (exact) mass is 426 g/mol. The van der Waals surface area contributed by atoms with Gasteiger partial charge < -0.3 is 14.6 Å². The Morgan fingerprint density at radius 1 is 1.25 bits per heavy atom. The molecule has 6 nitrogen and oxygen atoms in total. The number of hydrogen-bond donors (Lipinski definition) is 1. The fraction of sp³-hybridized carbons (Fsp3) is 0.0800. The average Bonchev–Trinajstić information content (AvgIpc) is 3.26. The lowest BCUT2D eigenvalue weighted by Gasteiger charge is -2.19. The fourth-order valence-corrected chi connectivity index (χ4v) is 3.55. The number of ether oxygens (including phenoxy) is 1. The van der Waals surface area contributed by atoms with Gasteiger partial charge in [0.25, 0.3) is 0 Å². The van der Waals surface area contributed by atoms with Crippen LogP contribution in [0.1, 0.15) is 5.56 Å². The number of carbonyl (C=O) groups is 1. The normalized spacial score (nSPS) is 10.6. The molecule has 0 atom stereocenters. The van der Waals surface area contributed by atoms with Crippen molar-refractivity contribution in [2.45, 2.75) is 0 Å². The van der Waals surface area contributed by atoms with Crippen LogP contribution in [0.2, 0.25) is 0 Å². The molecule has 1 N–H and O–H groups in total. The summed E-state index contributed by atoms with van der Waals surface area (Å²) in [4.78, 5) is 20.9. The molecule has 0 aliphatic rings. The lowest BCUT2D eigenvalue weighted by Crippen LogP contribution is -2.25. The number of carbonyl (C=O) groups excluding carboxylic acids is 1. The Hall–Kier alpha value is -4.44. The SMILES string of the molecule is C=CC(=O)N(C)c1cc(-c2cnc3[nH]cc(-c4cccc(C#N)c4)c3c2)cc(OC)c1F. The summed E-state index contributed by atoms with van der Waals surface area (Å²) in [6.45, 7) is 3.46. The highest BCUT2D eigenvalue weighted by Crippen LogP contribution is 2.36. The van der Waals surface area contributed by atoms with Gasteiger partial charge in [-0.05, 0) is 47.5 Å². The van der Waals surface area contributed by atoms with Gasteiger partial charge in [0.05, 0.1) is 24.4 Å². The molecular weight excluding hydrogens is 407 g/mol. The second-order valence-electron chi connectivity index (χ2n) is 7.13. The van der Waals surface area contributed by atoms with Gasteiger partial charge in [0.2, 0.25) is 5.91 Å². The average molecular weight is 426 g/mol. The van der Waals surface area contributed by atoms with Crippen molar-refractivity contribution in [1.82, 2.24) is 9.97 Å². The van der Waals surface area contributed by atoms with Crippen LogP contribution in [0.5, 0.6) is 5.75 Å². The van der Waals surface area contributed by atoms with E-state index in [1.165, 1.54) is 19.1 Å². The first-order valence-corrected chi connectivity index (χ1v) is 9.72. The first-order valence-electron chi connectivity index (χ1n) is 9.72. The predicted molar refractivity (Wildman–Crippen MR) is 122 cm³/mol. The highest BCUT2D eigenvalue weighted by molar-refractivity contribution is 6.01. The molecule has 2 aromatic heterocycles. The zero-order chi connectivity index (χ0) is 22.8. The van der Waals surface area contributed by atoms with Crippen molar-refractivity contribution in [2.75, 3.05) is 19.1 Å². The van der Waals surface area contributed by atoms with E-state index >= 15 is 0 Å². The van der Waals surface area contributed by atoms with Crippen LogP contribution < -0.4 is 9.64 Å². The zero-order valence-electron chi connectivity index (χ0n) is 17.5. The van der Waals surface area contributed by atoms with E-state index in [-0.39, 0.29) is 11.4 Å². The Bertz CT molecular complexity index is 1400. The van der Waals surface area contributed by atoms with Crippen molar-refractivity contribution < 1.29 is 13.9 Å². The minimum absolute atomic E-state index is 0.0114. The van der Waals surface area contributed by atoms with Crippen molar-refractivity contribution >= 4 is 22.6 Å². The summed E-state index contributed by atoms with van der Waals surface area (Å²) in [6.07, 6.45) is 4.62.